The summed E-state index contributed by atoms with van der Waals surface area (Å²) in [4.78, 5) is 29.8. The van der Waals surface area contributed by atoms with Crippen molar-refractivity contribution >= 4 is 23.2 Å². The van der Waals surface area contributed by atoms with Gasteiger partial charge in [0.25, 0.3) is 0 Å². The van der Waals surface area contributed by atoms with E-state index in [0.717, 1.165) is 25.0 Å². The van der Waals surface area contributed by atoms with E-state index in [2.05, 4.69) is 10.3 Å². The minimum absolute atomic E-state index is 0.00623. The molecule has 0 spiro atoms. The Kier molecular flexibility index (Phi) is 3.50. The molecule has 2 aliphatic rings. The van der Waals surface area contributed by atoms with Gasteiger partial charge in [0.2, 0.25) is 11.8 Å². The number of amides is 2. The van der Waals surface area contributed by atoms with Crippen LogP contribution in [0.15, 0.2) is 10.9 Å². The van der Waals surface area contributed by atoms with Crippen LogP contribution in [0.4, 0.5) is 0 Å². The fraction of sp³-hybridized carbons (Fsp3) is 0.615. The third-order valence-electron chi connectivity index (χ3n) is 3.68. The molecule has 2 heterocycles. The van der Waals surface area contributed by atoms with Gasteiger partial charge >= 0.3 is 0 Å². The van der Waals surface area contributed by atoms with Crippen molar-refractivity contribution in [3.05, 3.63) is 16.6 Å². The zero-order valence-electron chi connectivity index (χ0n) is 10.7. The molecule has 1 aliphatic carbocycles. The number of likely N-dealkylation sites (tertiary alicyclic amines) is 1. The fourth-order valence-corrected chi connectivity index (χ4v) is 3.06. The molecular weight excluding hydrogens is 262 g/mol. The van der Waals surface area contributed by atoms with E-state index >= 15 is 0 Å². The van der Waals surface area contributed by atoms with Crippen LogP contribution in [0.2, 0.25) is 0 Å². The predicted octanol–water partition coefficient (Wildman–Crippen LogP) is 0.813. The Morgan fingerprint density at radius 1 is 1.53 bits per heavy atom. The molecule has 1 aliphatic heterocycles. The summed E-state index contributed by atoms with van der Waals surface area (Å²) in [6.45, 7) is 1.20. The lowest BCUT2D eigenvalue weighted by Gasteiger charge is -2.15. The largest absolute Gasteiger partial charge is 0.355 e. The topological polar surface area (TPSA) is 62.3 Å². The van der Waals surface area contributed by atoms with Gasteiger partial charge in [0.1, 0.15) is 0 Å². The SMILES string of the molecule is O=C(NCCc1cscn1)[C@H]1CC(=O)N(C2CC2)C1. The van der Waals surface area contributed by atoms with Gasteiger partial charge in [-0.2, -0.15) is 0 Å². The minimum Gasteiger partial charge on any atom is -0.355 e. The smallest absolute Gasteiger partial charge is 0.225 e. The molecule has 1 N–H and O–H groups in total. The molecule has 1 saturated carbocycles. The first-order chi connectivity index (χ1) is 9.24. The lowest BCUT2D eigenvalue weighted by molar-refractivity contribution is -0.129. The first-order valence-electron chi connectivity index (χ1n) is 6.68. The summed E-state index contributed by atoms with van der Waals surface area (Å²) < 4.78 is 0. The fourth-order valence-electron chi connectivity index (χ4n) is 2.47. The molecule has 0 radical (unpaired) electrons. The number of nitrogens with zero attached hydrogens (tertiary/aromatic N) is 2. The molecule has 2 amide bonds. The Bertz CT molecular complexity index is 470. The van der Waals surface area contributed by atoms with E-state index in [1.165, 1.54) is 0 Å². The van der Waals surface area contributed by atoms with Gasteiger partial charge in [0.05, 0.1) is 17.1 Å². The quantitative estimate of drug-likeness (QED) is 0.867. The molecule has 102 valence electrons. The Morgan fingerprint density at radius 3 is 3.05 bits per heavy atom. The van der Waals surface area contributed by atoms with E-state index in [9.17, 15) is 9.59 Å². The van der Waals surface area contributed by atoms with E-state index < -0.39 is 0 Å². The van der Waals surface area contributed by atoms with Crippen LogP contribution in [-0.4, -0.2) is 40.8 Å². The Morgan fingerprint density at radius 2 is 2.37 bits per heavy atom. The van der Waals surface area contributed by atoms with Gasteiger partial charge < -0.3 is 10.2 Å². The summed E-state index contributed by atoms with van der Waals surface area (Å²) in [5.74, 6) is -0.0163. The molecule has 2 fully saturated rings. The van der Waals surface area contributed by atoms with Crippen LogP contribution in [0.25, 0.3) is 0 Å². The second kappa shape index (κ2) is 5.28. The van der Waals surface area contributed by atoms with Crippen LogP contribution < -0.4 is 5.32 Å². The van der Waals surface area contributed by atoms with E-state index in [-0.39, 0.29) is 17.7 Å². The Balaban J connectivity index is 1.44. The van der Waals surface area contributed by atoms with Gasteiger partial charge in [0.15, 0.2) is 0 Å². The molecule has 6 heteroatoms. The standard InChI is InChI=1S/C13H17N3O2S/c17-12-5-9(6-16(12)11-1-2-11)13(18)14-4-3-10-7-19-8-15-10/h7-9,11H,1-6H2,(H,14,18)/t9-/m0/s1. The van der Waals surface area contributed by atoms with Crippen molar-refractivity contribution < 1.29 is 9.59 Å². The van der Waals surface area contributed by atoms with Crippen molar-refractivity contribution in [2.45, 2.75) is 31.7 Å². The zero-order valence-corrected chi connectivity index (χ0v) is 11.5. The summed E-state index contributed by atoms with van der Waals surface area (Å²) in [5.41, 5.74) is 2.80. The maximum atomic E-state index is 12.0. The molecular formula is C13H17N3O2S. The molecule has 0 aromatic carbocycles. The molecule has 1 saturated heterocycles. The number of rotatable bonds is 5. The molecule has 19 heavy (non-hydrogen) atoms. The van der Waals surface area contributed by atoms with E-state index in [1.807, 2.05) is 10.3 Å². The van der Waals surface area contributed by atoms with Gasteiger partial charge in [-0.25, -0.2) is 4.98 Å². The predicted molar refractivity (Wildman–Crippen MR) is 71.7 cm³/mol. The van der Waals surface area contributed by atoms with Crippen LogP contribution in [-0.2, 0) is 16.0 Å². The molecule has 3 rings (SSSR count). The maximum absolute atomic E-state index is 12.0. The monoisotopic (exact) mass is 279 g/mol. The number of nitrogens with one attached hydrogen (secondary N) is 1. The molecule has 0 unspecified atom stereocenters. The zero-order chi connectivity index (χ0) is 13.2. The summed E-state index contributed by atoms with van der Waals surface area (Å²) >= 11 is 1.56. The third kappa shape index (κ3) is 2.94. The lowest BCUT2D eigenvalue weighted by Crippen LogP contribution is -2.34. The van der Waals surface area contributed by atoms with E-state index in [1.54, 1.807) is 16.8 Å². The molecule has 1 atom stereocenters. The number of aromatic nitrogens is 1. The second-order valence-corrected chi connectivity index (χ2v) is 5.92. The highest BCUT2D eigenvalue weighted by atomic mass is 32.1. The first kappa shape index (κ1) is 12.6. The van der Waals surface area contributed by atoms with Crippen LogP contribution >= 0.6 is 11.3 Å². The first-order valence-corrected chi connectivity index (χ1v) is 7.62. The summed E-state index contributed by atoms with van der Waals surface area (Å²) in [6.07, 6.45) is 3.33. The normalized spacial score (nSPS) is 22.8. The van der Waals surface area contributed by atoms with Gasteiger partial charge in [-0.05, 0) is 12.8 Å². The van der Waals surface area contributed by atoms with E-state index in [4.69, 9.17) is 0 Å². The van der Waals surface area contributed by atoms with Crippen molar-refractivity contribution in [3.8, 4) is 0 Å². The van der Waals surface area contributed by atoms with Gasteiger partial charge in [0, 0.05) is 37.4 Å². The van der Waals surface area contributed by atoms with Gasteiger partial charge in [-0.1, -0.05) is 0 Å². The highest BCUT2D eigenvalue weighted by Crippen LogP contribution is 2.32. The summed E-state index contributed by atoms with van der Waals surface area (Å²) in [5, 5.41) is 4.90. The summed E-state index contributed by atoms with van der Waals surface area (Å²) in [6, 6.07) is 0.417. The number of hydrogen-bond donors (Lipinski definition) is 1. The van der Waals surface area contributed by atoms with Gasteiger partial charge in [-0.15, -0.1) is 11.3 Å². The van der Waals surface area contributed by atoms with Crippen LogP contribution in [0.1, 0.15) is 25.0 Å². The summed E-state index contributed by atoms with van der Waals surface area (Å²) in [7, 11) is 0. The van der Waals surface area contributed by atoms with Gasteiger partial charge in [-0.3, -0.25) is 9.59 Å². The maximum Gasteiger partial charge on any atom is 0.225 e. The third-order valence-corrected chi connectivity index (χ3v) is 4.32. The Labute approximate surface area is 116 Å². The lowest BCUT2D eigenvalue weighted by atomic mass is 10.1. The minimum atomic E-state index is -0.163. The second-order valence-electron chi connectivity index (χ2n) is 5.20. The van der Waals surface area contributed by atoms with Crippen LogP contribution in [0, 0.1) is 5.92 Å². The van der Waals surface area contributed by atoms with Crippen LogP contribution in [0.3, 0.4) is 0 Å². The molecule has 0 bridgehead atoms. The van der Waals surface area contributed by atoms with Crippen molar-refractivity contribution in [1.29, 1.82) is 0 Å². The van der Waals surface area contributed by atoms with Crippen molar-refractivity contribution in [3.63, 3.8) is 0 Å². The highest BCUT2D eigenvalue weighted by molar-refractivity contribution is 7.07. The van der Waals surface area contributed by atoms with Crippen LogP contribution in [0.5, 0.6) is 0 Å². The molecule has 5 nitrogen and oxygen atoms in total. The highest BCUT2D eigenvalue weighted by Gasteiger charge is 2.41. The van der Waals surface area contributed by atoms with Crippen molar-refractivity contribution in [2.75, 3.05) is 13.1 Å². The average molecular weight is 279 g/mol. The van der Waals surface area contributed by atoms with Crippen molar-refractivity contribution in [1.82, 2.24) is 15.2 Å². The number of thiazole rings is 1. The number of carbonyl (C=O) groups is 2. The number of hydrogen-bond acceptors (Lipinski definition) is 4. The average Bonchev–Trinajstić information content (AvgIpc) is 2.96. The molecule has 1 aromatic heterocycles. The van der Waals surface area contributed by atoms with E-state index in [0.29, 0.717) is 25.6 Å². The molecule has 1 aromatic rings. The number of carbonyl (C=O) groups excluding carboxylic acids is 2. The van der Waals surface area contributed by atoms with Crippen molar-refractivity contribution in [2.24, 2.45) is 5.92 Å². The Hall–Kier alpha value is -1.43.